The van der Waals surface area contributed by atoms with Crippen LogP contribution in [0.2, 0.25) is 0 Å². The third-order valence-electron chi connectivity index (χ3n) is 5.78. The summed E-state index contributed by atoms with van der Waals surface area (Å²) >= 11 is 0. The maximum absolute atomic E-state index is 11.8. The molecule has 0 aliphatic carbocycles. The highest BCUT2D eigenvalue weighted by Gasteiger charge is 2.20. The molecule has 0 bridgehead atoms. The first-order valence-corrected chi connectivity index (χ1v) is 9.85. The lowest BCUT2D eigenvalue weighted by Crippen LogP contribution is -2.36. The number of amides is 1. The highest BCUT2D eigenvalue weighted by molar-refractivity contribution is 5.97. The van der Waals surface area contributed by atoms with Crippen molar-refractivity contribution in [2.75, 3.05) is 19.6 Å². The Morgan fingerprint density at radius 2 is 1.67 bits per heavy atom. The number of para-hydroxylation sites is 1. The van der Waals surface area contributed by atoms with Gasteiger partial charge in [-0.05, 0) is 56.0 Å². The predicted octanol–water partition coefficient (Wildman–Crippen LogP) is 3.69. The van der Waals surface area contributed by atoms with Gasteiger partial charge in [-0.3, -0.25) is 4.79 Å². The number of fused-ring (bicyclic) bond motifs is 1. The van der Waals surface area contributed by atoms with E-state index in [1.165, 1.54) is 24.8 Å². The van der Waals surface area contributed by atoms with Gasteiger partial charge in [-0.25, -0.2) is 0 Å². The number of rotatable bonds is 6. The predicted molar refractivity (Wildman–Crippen MR) is 110 cm³/mol. The van der Waals surface area contributed by atoms with Crippen molar-refractivity contribution in [1.29, 1.82) is 0 Å². The van der Waals surface area contributed by atoms with Gasteiger partial charge in [0.05, 0.1) is 0 Å². The first-order valence-electron chi connectivity index (χ1n) is 9.85. The number of hydrogen-bond acceptors (Lipinski definition) is 2. The lowest BCUT2D eigenvalue weighted by atomic mass is 9.90. The van der Waals surface area contributed by atoms with E-state index in [0.29, 0.717) is 5.69 Å². The fraction of sp³-hybridized carbons (Fsp3) is 0.348. The number of nitrogens with zero attached hydrogens (tertiary/aromatic N) is 2. The van der Waals surface area contributed by atoms with E-state index in [2.05, 4.69) is 45.9 Å². The van der Waals surface area contributed by atoms with Crippen molar-refractivity contribution in [3.05, 3.63) is 71.9 Å². The van der Waals surface area contributed by atoms with Crippen molar-refractivity contribution in [2.45, 2.75) is 25.8 Å². The van der Waals surface area contributed by atoms with Gasteiger partial charge in [0.2, 0.25) is 0 Å². The van der Waals surface area contributed by atoms with Gasteiger partial charge in [-0.1, -0.05) is 48.5 Å². The Morgan fingerprint density at radius 1 is 0.963 bits per heavy atom. The summed E-state index contributed by atoms with van der Waals surface area (Å²) in [4.78, 5) is 14.4. The Bertz CT molecular complexity index is 908. The molecule has 0 spiro atoms. The van der Waals surface area contributed by atoms with Crippen LogP contribution < -0.4 is 5.73 Å². The van der Waals surface area contributed by atoms with Gasteiger partial charge in [-0.2, -0.15) is 0 Å². The summed E-state index contributed by atoms with van der Waals surface area (Å²) in [7, 11) is 0. The minimum atomic E-state index is -0.354. The van der Waals surface area contributed by atoms with Crippen molar-refractivity contribution < 1.29 is 4.79 Å². The molecule has 0 saturated carbocycles. The second-order valence-electron chi connectivity index (χ2n) is 7.58. The molecule has 0 atom stereocenters. The summed E-state index contributed by atoms with van der Waals surface area (Å²) in [6.45, 7) is 4.01. The number of benzene rings is 2. The lowest BCUT2D eigenvalue weighted by Gasteiger charge is -2.32. The summed E-state index contributed by atoms with van der Waals surface area (Å²) in [5, 5.41) is 1.08. The fourth-order valence-electron chi connectivity index (χ4n) is 4.26. The molecule has 4 rings (SSSR count). The second kappa shape index (κ2) is 7.97. The zero-order valence-corrected chi connectivity index (χ0v) is 15.7. The maximum Gasteiger partial charge on any atom is 0.265 e. The SMILES string of the molecule is NC(=O)c1cc2ccccc2n1CCN1CCC(Cc2ccccc2)CC1. The molecule has 4 nitrogen and oxygen atoms in total. The average molecular weight is 361 g/mol. The molecule has 3 aromatic rings. The Morgan fingerprint density at radius 3 is 2.41 bits per heavy atom. The molecule has 0 radical (unpaired) electrons. The maximum atomic E-state index is 11.8. The standard InChI is InChI=1S/C23H27N3O/c24-23(27)22-17-20-8-4-5-9-21(20)26(22)15-14-25-12-10-19(11-13-25)16-18-6-2-1-3-7-18/h1-9,17,19H,10-16H2,(H2,24,27). The third-order valence-corrected chi connectivity index (χ3v) is 5.78. The van der Waals surface area contributed by atoms with Crippen molar-refractivity contribution in [3.8, 4) is 0 Å². The zero-order chi connectivity index (χ0) is 18.6. The summed E-state index contributed by atoms with van der Waals surface area (Å²) in [5.41, 5.74) is 8.75. The topological polar surface area (TPSA) is 51.3 Å². The molecule has 2 N–H and O–H groups in total. The minimum absolute atomic E-state index is 0.354. The molecule has 1 aliphatic rings. The van der Waals surface area contributed by atoms with E-state index in [-0.39, 0.29) is 5.91 Å². The Balaban J connectivity index is 1.36. The molecule has 1 saturated heterocycles. The summed E-state index contributed by atoms with van der Waals surface area (Å²) in [6, 6.07) is 20.8. The highest BCUT2D eigenvalue weighted by atomic mass is 16.1. The summed E-state index contributed by atoms with van der Waals surface area (Å²) in [6.07, 6.45) is 3.66. The number of piperidine rings is 1. The average Bonchev–Trinajstić information content (AvgIpc) is 3.07. The molecule has 1 amide bonds. The lowest BCUT2D eigenvalue weighted by molar-refractivity contribution is 0.0990. The van der Waals surface area contributed by atoms with E-state index < -0.39 is 0 Å². The molecule has 1 fully saturated rings. The second-order valence-corrected chi connectivity index (χ2v) is 7.58. The van der Waals surface area contributed by atoms with E-state index in [1.807, 2.05) is 24.3 Å². The molecule has 1 aliphatic heterocycles. The fourth-order valence-corrected chi connectivity index (χ4v) is 4.26. The summed E-state index contributed by atoms with van der Waals surface area (Å²) < 4.78 is 2.08. The van der Waals surface area contributed by atoms with Gasteiger partial charge in [-0.15, -0.1) is 0 Å². The number of primary amides is 1. The number of carbonyl (C=O) groups is 1. The molecule has 140 valence electrons. The molecule has 0 unspecified atom stereocenters. The van der Waals surface area contributed by atoms with Crippen LogP contribution >= 0.6 is 0 Å². The molecule has 1 aromatic heterocycles. The van der Waals surface area contributed by atoms with Gasteiger partial charge in [0, 0.05) is 24.0 Å². The van der Waals surface area contributed by atoms with Gasteiger partial charge in [0.25, 0.3) is 5.91 Å². The number of aromatic nitrogens is 1. The number of nitrogens with two attached hydrogens (primary N) is 1. The van der Waals surface area contributed by atoms with Crippen LogP contribution in [0, 0.1) is 5.92 Å². The van der Waals surface area contributed by atoms with Crippen LogP contribution in [-0.4, -0.2) is 35.0 Å². The number of likely N-dealkylation sites (tertiary alicyclic amines) is 1. The van der Waals surface area contributed by atoms with Crippen LogP contribution in [0.25, 0.3) is 10.9 Å². The molecule has 2 aromatic carbocycles. The van der Waals surface area contributed by atoms with Crippen LogP contribution in [0.4, 0.5) is 0 Å². The number of carbonyl (C=O) groups excluding carboxylic acids is 1. The first-order chi connectivity index (χ1) is 13.2. The van der Waals surface area contributed by atoms with Crippen LogP contribution in [0.1, 0.15) is 28.9 Å². The van der Waals surface area contributed by atoms with Gasteiger partial charge >= 0.3 is 0 Å². The largest absolute Gasteiger partial charge is 0.364 e. The van der Waals surface area contributed by atoms with Gasteiger partial charge in [0.15, 0.2) is 0 Å². The van der Waals surface area contributed by atoms with Crippen molar-refractivity contribution >= 4 is 16.8 Å². The van der Waals surface area contributed by atoms with Gasteiger partial charge < -0.3 is 15.2 Å². The Hall–Kier alpha value is -2.59. The van der Waals surface area contributed by atoms with Gasteiger partial charge in [0.1, 0.15) is 5.69 Å². The highest BCUT2D eigenvalue weighted by Crippen LogP contribution is 2.23. The van der Waals surface area contributed by atoms with Crippen molar-refractivity contribution in [2.24, 2.45) is 11.7 Å². The van der Waals surface area contributed by atoms with Crippen molar-refractivity contribution in [3.63, 3.8) is 0 Å². The molecule has 27 heavy (non-hydrogen) atoms. The van der Waals surface area contributed by atoms with E-state index in [4.69, 9.17) is 5.73 Å². The van der Waals surface area contributed by atoms with E-state index in [0.717, 1.165) is 43.0 Å². The van der Waals surface area contributed by atoms with Crippen LogP contribution in [0.15, 0.2) is 60.7 Å². The smallest absolute Gasteiger partial charge is 0.265 e. The van der Waals surface area contributed by atoms with Crippen LogP contribution in [0.3, 0.4) is 0 Å². The quantitative estimate of drug-likeness (QED) is 0.728. The normalized spacial score (nSPS) is 16.0. The first kappa shape index (κ1) is 17.8. The molecular weight excluding hydrogens is 334 g/mol. The van der Waals surface area contributed by atoms with Crippen LogP contribution in [0.5, 0.6) is 0 Å². The Kier molecular flexibility index (Phi) is 5.26. The summed E-state index contributed by atoms with van der Waals surface area (Å²) in [5.74, 6) is 0.421. The third kappa shape index (κ3) is 4.06. The van der Waals surface area contributed by atoms with Crippen molar-refractivity contribution in [1.82, 2.24) is 9.47 Å². The van der Waals surface area contributed by atoms with E-state index in [9.17, 15) is 4.79 Å². The van der Waals surface area contributed by atoms with E-state index >= 15 is 0 Å². The Labute approximate surface area is 160 Å². The molecule has 4 heteroatoms. The molecule has 2 heterocycles. The number of hydrogen-bond donors (Lipinski definition) is 1. The molecular formula is C23H27N3O. The zero-order valence-electron chi connectivity index (χ0n) is 15.7. The monoisotopic (exact) mass is 361 g/mol. The van der Waals surface area contributed by atoms with Crippen LogP contribution in [-0.2, 0) is 13.0 Å². The minimum Gasteiger partial charge on any atom is -0.364 e. The van der Waals surface area contributed by atoms with E-state index in [1.54, 1.807) is 0 Å².